The van der Waals surface area contributed by atoms with Crippen LogP contribution in [0.5, 0.6) is 0 Å². The van der Waals surface area contributed by atoms with Gasteiger partial charge in [-0.25, -0.2) is 0 Å². The van der Waals surface area contributed by atoms with Gasteiger partial charge in [0, 0.05) is 12.5 Å². The molecule has 0 aromatic heterocycles. The van der Waals surface area contributed by atoms with E-state index in [2.05, 4.69) is 48.3 Å². The van der Waals surface area contributed by atoms with E-state index in [0.717, 1.165) is 19.4 Å². The lowest BCUT2D eigenvalue weighted by atomic mass is 9.77. The molecule has 1 nitrogen and oxygen atoms in total. The van der Waals surface area contributed by atoms with E-state index in [-0.39, 0.29) is 0 Å². The molecule has 1 heteroatoms. The Hall–Kier alpha value is -1.26. The normalized spacial score (nSPS) is 19.2. The van der Waals surface area contributed by atoms with E-state index in [1.54, 1.807) is 11.1 Å². The van der Waals surface area contributed by atoms with Crippen molar-refractivity contribution in [3.8, 4) is 11.8 Å². The highest BCUT2D eigenvalue weighted by molar-refractivity contribution is 5.33. The molecule has 0 amide bonds. The van der Waals surface area contributed by atoms with Gasteiger partial charge in [0.2, 0.25) is 0 Å². The van der Waals surface area contributed by atoms with E-state index >= 15 is 0 Å². The van der Waals surface area contributed by atoms with Crippen LogP contribution in [0.2, 0.25) is 0 Å². The van der Waals surface area contributed by atoms with E-state index in [0.29, 0.717) is 12.0 Å². The van der Waals surface area contributed by atoms with Crippen LogP contribution in [-0.4, -0.2) is 12.6 Å². The number of nitrogens with one attached hydrogen (secondary N) is 1. The first-order chi connectivity index (χ1) is 9.36. The second kappa shape index (κ2) is 7.36. The fourth-order valence-electron chi connectivity index (χ4n) is 3.27. The molecule has 0 saturated carbocycles. The van der Waals surface area contributed by atoms with E-state index in [1.165, 1.54) is 19.3 Å². The molecule has 19 heavy (non-hydrogen) atoms. The van der Waals surface area contributed by atoms with Crippen molar-refractivity contribution in [3.05, 3.63) is 35.4 Å². The van der Waals surface area contributed by atoms with Crippen LogP contribution in [0.25, 0.3) is 0 Å². The molecule has 0 saturated heterocycles. The van der Waals surface area contributed by atoms with Crippen LogP contribution in [0.15, 0.2) is 24.3 Å². The predicted octanol–water partition coefficient (Wildman–Crippen LogP) is 3.89. The smallest absolute Gasteiger partial charge is 0.0145 e. The quantitative estimate of drug-likeness (QED) is 0.787. The van der Waals surface area contributed by atoms with Crippen molar-refractivity contribution in [2.24, 2.45) is 0 Å². The zero-order valence-corrected chi connectivity index (χ0v) is 12.2. The molecule has 2 atom stereocenters. The Morgan fingerprint density at radius 3 is 3.00 bits per heavy atom. The highest BCUT2D eigenvalue weighted by Crippen LogP contribution is 2.35. The van der Waals surface area contributed by atoms with E-state index < -0.39 is 0 Å². The molecule has 1 aliphatic carbocycles. The predicted molar refractivity (Wildman–Crippen MR) is 82.3 cm³/mol. The van der Waals surface area contributed by atoms with Crippen molar-refractivity contribution >= 4 is 0 Å². The first-order valence-corrected chi connectivity index (χ1v) is 7.57. The molecule has 0 spiro atoms. The van der Waals surface area contributed by atoms with E-state index in [4.69, 9.17) is 0 Å². The average Bonchev–Trinajstić information content (AvgIpc) is 2.46. The van der Waals surface area contributed by atoms with Crippen molar-refractivity contribution in [3.63, 3.8) is 0 Å². The van der Waals surface area contributed by atoms with Crippen molar-refractivity contribution in [1.29, 1.82) is 0 Å². The Morgan fingerprint density at radius 2 is 2.21 bits per heavy atom. The molecule has 2 rings (SSSR count). The highest BCUT2D eigenvalue weighted by Gasteiger charge is 2.26. The van der Waals surface area contributed by atoms with Gasteiger partial charge in [-0.05, 0) is 56.2 Å². The minimum atomic E-state index is 0.576. The molecule has 0 fully saturated rings. The van der Waals surface area contributed by atoms with Crippen LogP contribution < -0.4 is 5.32 Å². The lowest BCUT2D eigenvalue weighted by Crippen LogP contribution is -2.36. The Morgan fingerprint density at radius 1 is 1.37 bits per heavy atom. The van der Waals surface area contributed by atoms with Crippen LogP contribution in [0, 0.1) is 11.8 Å². The van der Waals surface area contributed by atoms with Gasteiger partial charge in [0.25, 0.3) is 0 Å². The van der Waals surface area contributed by atoms with Gasteiger partial charge in [0.15, 0.2) is 0 Å². The summed E-state index contributed by atoms with van der Waals surface area (Å²) < 4.78 is 0. The average molecular weight is 255 g/mol. The van der Waals surface area contributed by atoms with Crippen LogP contribution >= 0.6 is 0 Å². The third kappa shape index (κ3) is 3.61. The van der Waals surface area contributed by atoms with Gasteiger partial charge in [0.05, 0.1) is 0 Å². The Kier molecular flexibility index (Phi) is 5.48. The second-order valence-electron chi connectivity index (χ2n) is 5.33. The molecule has 2 unspecified atom stereocenters. The summed E-state index contributed by atoms with van der Waals surface area (Å²) in [7, 11) is 0. The first-order valence-electron chi connectivity index (χ1n) is 7.57. The van der Waals surface area contributed by atoms with Gasteiger partial charge in [-0.1, -0.05) is 31.2 Å². The largest absolute Gasteiger partial charge is 0.314 e. The lowest BCUT2D eigenvalue weighted by Gasteiger charge is -2.32. The Bertz CT molecular complexity index is 452. The Labute approximate surface area is 117 Å². The molecular weight excluding hydrogens is 230 g/mol. The summed E-state index contributed by atoms with van der Waals surface area (Å²) in [5.41, 5.74) is 3.13. The van der Waals surface area contributed by atoms with Gasteiger partial charge in [0.1, 0.15) is 0 Å². The van der Waals surface area contributed by atoms with E-state index in [1.807, 2.05) is 6.92 Å². The molecule has 102 valence electrons. The number of fused-ring (bicyclic) bond motifs is 1. The maximum Gasteiger partial charge on any atom is 0.0145 e. The van der Waals surface area contributed by atoms with Crippen LogP contribution in [-0.2, 0) is 6.42 Å². The van der Waals surface area contributed by atoms with Crippen molar-refractivity contribution < 1.29 is 0 Å². The van der Waals surface area contributed by atoms with Crippen molar-refractivity contribution in [2.45, 2.75) is 57.9 Å². The van der Waals surface area contributed by atoms with Gasteiger partial charge in [-0.15, -0.1) is 11.8 Å². The molecule has 0 bridgehead atoms. The lowest BCUT2D eigenvalue weighted by molar-refractivity contribution is 0.382. The first kappa shape index (κ1) is 14.2. The summed E-state index contributed by atoms with van der Waals surface area (Å²) in [6.07, 6.45) is 6.05. The number of hydrogen-bond acceptors (Lipinski definition) is 1. The number of rotatable bonds is 5. The molecule has 1 N–H and O–H groups in total. The second-order valence-corrected chi connectivity index (χ2v) is 5.33. The van der Waals surface area contributed by atoms with Crippen LogP contribution in [0.4, 0.5) is 0 Å². The fourth-order valence-corrected chi connectivity index (χ4v) is 3.27. The highest BCUT2D eigenvalue weighted by atomic mass is 14.9. The summed E-state index contributed by atoms with van der Waals surface area (Å²) in [5, 5.41) is 3.68. The Balaban J connectivity index is 2.14. The topological polar surface area (TPSA) is 12.0 Å². The van der Waals surface area contributed by atoms with Crippen molar-refractivity contribution in [1.82, 2.24) is 5.32 Å². The van der Waals surface area contributed by atoms with Gasteiger partial charge in [-0.3, -0.25) is 0 Å². The molecule has 0 radical (unpaired) electrons. The zero-order valence-electron chi connectivity index (χ0n) is 12.2. The fraction of sp³-hybridized carbons (Fsp3) is 0.556. The standard InChI is InChI=1S/C18H25N/c1-3-5-6-14-18(19-4-2)17-13-9-11-15-10-7-8-12-16(15)17/h7-8,10,12,17-19H,4,6,9,11,13-14H2,1-2H3. The molecule has 0 heterocycles. The van der Waals surface area contributed by atoms with Crippen LogP contribution in [0.1, 0.15) is 56.6 Å². The number of aryl methyl sites for hydroxylation is 1. The third-order valence-corrected chi connectivity index (χ3v) is 4.12. The maximum absolute atomic E-state index is 3.68. The van der Waals surface area contributed by atoms with Gasteiger partial charge < -0.3 is 5.32 Å². The zero-order chi connectivity index (χ0) is 13.5. The van der Waals surface area contributed by atoms with Gasteiger partial charge >= 0.3 is 0 Å². The summed E-state index contributed by atoms with van der Waals surface area (Å²) >= 11 is 0. The molecular formula is C18H25N. The molecule has 0 aliphatic heterocycles. The van der Waals surface area contributed by atoms with Crippen molar-refractivity contribution in [2.75, 3.05) is 6.54 Å². The number of benzene rings is 1. The summed E-state index contributed by atoms with van der Waals surface area (Å²) in [6.45, 7) is 5.17. The van der Waals surface area contributed by atoms with Crippen LogP contribution in [0.3, 0.4) is 0 Å². The summed E-state index contributed by atoms with van der Waals surface area (Å²) in [4.78, 5) is 0. The number of likely N-dealkylation sites (N-methyl/N-ethyl adjacent to an activating group) is 1. The molecule has 1 aliphatic rings. The maximum atomic E-state index is 3.68. The summed E-state index contributed by atoms with van der Waals surface area (Å²) in [5.74, 6) is 6.89. The number of hydrogen-bond donors (Lipinski definition) is 1. The summed E-state index contributed by atoms with van der Waals surface area (Å²) in [6, 6.07) is 9.57. The van der Waals surface area contributed by atoms with E-state index in [9.17, 15) is 0 Å². The minimum absolute atomic E-state index is 0.576. The minimum Gasteiger partial charge on any atom is -0.314 e. The van der Waals surface area contributed by atoms with Gasteiger partial charge in [-0.2, -0.15) is 0 Å². The molecule has 1 aromatic carbocycles. The third-order valence-electron chi connectivity index (χ3n) is 4.12. The SMILES string of the molecule is CC#CCCC(NCC)C1CCCc2ccccc21. The molecule has 1 aromatic rings. The monoisotopic (exact) mass is 255 g/mol.